The van der Waals surface area contributed by atoms with E-state index in [0.29, 0.717) is 11.4 Å². The van der Waals surface area contributed by atoms with Crippen LogP contribution in [0.5, 0.6) is 5.75 Å². The van der Waals surface area contributed by atoms with Crippen molar-refractivity contribution < 1.29 is 9.53 Å². The number of hydrogen-bond acceptors (Lipinski definition) is 4. The molecule has 1 amide bonds. The Morgan fingerprint density at radius 2 is 2.21 bits per heavy atom. The number of rotatable bonds is 5. The number of methoxy groups -OCH3 is 1. The highest BCUT2D eigenvalue weighted by Crippen LogP contribution is 2.18. The lowest BCUT2D eigenvalue weighted by molar-refractivity contribution is 0.0953. The van der Waals surface area contributed by atoms with Gasteiger partial charge in [-0.05, 0) is 12.5 Å². The molecule has 0 unspecified atom stereocenters. The summed E-state index contributed by atoms with van der Waals surface area (Å²) in [6.45, 7) is 2.44. The number of aryl methyl sites for hydroxylation is 1. The molecule has 19 heavy (non-hydrogen) atoms. The highest BCUT2D eigenvalue weighted by molar-refractivity contribution is 7.11. The van der Waals surface area contributed by atoms with E-state index in [4.69, 9.17) is 4.74 Å². The zero-order valence-electron chi connectivity index (χ0n) is 11.0. The molecule has 2 rings (SSSR count). The van der Waals surface area contributed by atoms with Crippen molar-refractivity contribution in [2.75, 3.05) is 7.11 Å². The van der Waals surface area contributed by atoms with E-state index in [1.807, 2.05) is 31.2 Å². The van der Waals surface area contributed by atoms with Crippen LogP contribution in [0.1, 0.15) is 27.9 Å². The summed E-state index contributed by atoms with van der Waals surface area (Å²) in [5.74, 6) is 0.702. The number of ether oxygens (including phenoxy) is 1. The van der Waals surface area contributed by atoms with Crippen molar-refractivity contribution in [2.45, 2.75) is 19.9 Å². The van der Waals surface area contributed by atoms with Gasteiger partial charge in [0.2, 0.25) is 0 Å². The minimum absolute atomic E-state index is 0.0785. The Bertz CT molecular complexity index is 566. The molecule has 0 atom stereocenters. The molecule has 0 radical (unpaired) electrons. The zero-order chi connectivity index (χ0) is 13.7. The second kappa shape index (κ2) is 6.33. The van der Waals surface area contributed by atoms with Crippen LogP contribution in [0.25, 0.3) is 0 Å². The van der Waals surface area contributed by atoms with E-state index in [2.05, 4.69) is 10.3 Å². The van der Waals surface area contributed by atoms with Crippen LogP contribution in [-0.4, -0.2) is 18.0 Å². The van der Waals surface area contributed by atoms with Crippen LogP contribution >= 0.6 is 11.3 Å². The molecule has 1 heterocycles. The maximum atomic E-state index is 12.1. The Morgan fingerprint density at radius 3 is 2.95 bits per heavy atom. The van der Waals surface area contributed by atoms with Crippen molar-refractivity contribution in [1.29, 1.82) is 0 Å². The van der Waals surface area contributed by atoms with E-state index < -0.39 is 0 Å². The molecule has 1 aromatic carbocycles. The largest absolute Gasteiger partial charge is 0.496 e. The molecule has 1 N–H and O–H groups in total. The third-order valence-corrected chi connectivity index (χ3v) is 3.68. The second-order valence-electron chi connectivity index (χ2n) is 3.98. The first kappa shape index (κ1) is 13.5. The van der Waals surface area contributed by atoms with Gasteiger partial charge in [0.15, 0.2) is 0 Å². The van der Waals surface area contributed by atoms with Crippen LogP contribution in [-0.2, 0) is 13.0 Å². The minimum Gasteiger partial charge on any atom is -0.496 e. The predicted octanol–water partition coefficient (Wildman–Crippen LogP) is 2.64. The SMILES string of the molecule is CCc1ncsc1C(=O)NCc1ccccc1OC. The Morgan fingerprint density at radius 1 is 1.42 bits per heavy atom. The molecule has 0 bridgehead atoms. The van der Waals surface area contributed by atoms with E-state index >= 15 is 0 Å². The number of carbonyl (C=O) groups excluding carboxylic acids is 1. The van der Waals surface area contributed by atoms with Gasteiger partial charge >= 0.3 is 0 Å². The number of benzene rings is 1. The van der Waals surface area contributed by atoms with Crippen molar-refractivity contribution in [2.24, 2.45) is 0 Å². The third-order valence-electron chi connectivity index (χ3n) is 2.81. The van der Waals surface area contributed by atoms with E-state index in [1.165, 1.54) is 11.3 Å². The van der Waals surface area contributed by atoms with Gasteiger partial charge in [0, 0.05) is 12.1 Å². The molecule has 5 heteroatoms. The van der Waals surface area contributed by atoms with Crippen LogP contribution in [0.4, 0.5) is 0 Å². The number of thiazole rings is 1. The summed E-state index contributed by atoms with van der Waals surface area (Å²) in [5.41, 5.74) is 3.51. The van der Waals surface area contributed by atoms with Gasteiger partial charge < -0.3 is 10.1 Å². The summed E-state index contributed by atoms with van der Waals surface area (Å²) in [6.07, 6.45) is 0.765. The summed E-state index contributed by atoms with van der Waals surface area (Å²) in [4.78, 5) is 16.9. The lowest BCUT2D eigenvalue weighted by Crippen LogP contribution is -2.23. The number of amides is 1. The smallest absolute Gasteiger partial charge is 0.263 e. The van der Waals surface area contributed by atoms with Gasteiger partial charge in [-0.1, -0.05) is 25.1 Å². The Labute approximate surface area is 116 Å². The second-order valence-corrected chi connectivity index (χ2v) is 4.83. The molecule has 100 valence electrons. The molecule has 0 saturated heterocycles. The van der Waals surface area contributed by atoms with Crippen molar-refractivity contribution in [3.8, 4) is 5.75 Å². The molecule has 0 fully saturated rings. The third kappa shape index (κ3) is 3.12. The fraction of sp³-hybridized carbons (Fsp3) is 0.286. The number of hydrogen-bond donors (Lipinski definition) is 1. The van der Waals surface area contributed by atoms with Crippen molar-refractivity contribution in [3.05, 3.63) is 45.9 Å². The lowest BCUT2D eigenvalue weighted by atomic mass is 10.2. The Balaban J connectivity index is 2.04. The minimum atomic E-state index is -0.0785. The Hall–Kier alpha value is -1.88. The first-order valence-corrected chi connectivity index (χ1v) is 6.96. The molecule has 0 aliphatic rings. The quantitative estimate of drug-likeness (QED) is 0.913. The monoisotopic (exact) mass is 276 g/mol. The molecule has 0 aliphatic heterocycles. The highest BCUT2D eigenvalue weighted by Gasteiger charge is 2.13. The first-order chi connectivity index (χ1) is 9.26. The van der Waals surface area contributed by atoms with E-state index in [0.717, 1.165) is 23.4 Å². The number of aromatic nitrogens is 1. The van der Waals surface area contributed by atoms with Crippen LogP contribution in [0.15, 0.2) is 29.8 Å². The van der Waals surface area contributed by atoms with Gasteiger partial charge in [0.25, 0.3) is 5.91 Å². The van der Waals surface area contributed by atoms with Crippen LogP contribution < -0.4 is 10.1 Å². The standard InChI is InChI=1S/C14H16N2O2S/c1-3-11-13(19-9-16-11)14(17)15-8-10-6-4-5-7-12(10)18-2/h4-7,9H,3,8H2,1-2H3,(H,15,17). The molecular formula is C14H16N2O2S. The molecule has 0 spiro atoms. The number of nitrogens with one attached hydrogen (secondary N) is 1. The van der Waals surface area contributed by atoms with Crippen LogP contribution in [0.3, 0.4) is 0 Å². The van der Waals surface area contributed by atoms with Gasteiger partial charge in [-0.15, -0.1) is 11.3 Å². The zero-order valence-corrected chi connectivity index (χ0v) is 11.8. The summed E-state index contributed by atoms with van der Waals surface area (Å²) in [7, 11) is 1.62. The molecule has 1 aromatic heterocycles. The molecular weight excluding hydrogens is 260 g/mol. The van der Waals surface area contributed by atoms with Gasteiger partial charge in [-0.3, -0.25) is 4.79 Å². The summed E-state index contributed by atoms with van der Waals surface area (Å²) in [6, 6.07) is 7.65. The van der Waals surface area contributed by atoms with Crippen molar-refractivity contribution in [3.63, 3.8) is 0 Å². The Kier molecular flexibility index (Phi) is 4.52. The summed E-state index contributed by atoms with van der Waals surface area (Å²) >= 11 is 1.37. The summed E-state index contributed by atoms with van der Waals surface area (Å²) in [5, 5.41) is 2.90. The first-order valence-electron chi connectivity index (χ1n) is 6.08. The molecule has 0 saturated carbocycles. The average molecular weight is 276 g/mol. The van der Waals surface area contributed by atoms with Gasteiger partial charge in [-0.2, -0.15) is 0 Å². The van der Waals surface area contributed by atoms with Gasteiger partial charge in [0.05, 0.1) is 18.3 Å². The molecule has 0 aliphatic carbocycles. The molecule has 2 aromatic rings. The van der Waals surface area contributed by atoms with E-state index in [-0.39, 0.29) is 5.91 Å². The fourth-order valence-corrected chi connectivity index (χ4v) is 2.61. The van der Waals surface area contributed by atoms with Crippen molar-refractivity contribution in [1.82, 2.24) is 10.3 Å². The predicted molar refractivity (Wildman–Crippen MR) is 75.7 cm³/mol. The summed E-state index contributed by atoms with van der Waals surface area (Å²) < 4.78 is 5.25. The fourth-order valence-electron chi connectivity index (χ4n) is 1.81. The average Bonchev–Trinajstić information content (AvgIpc) is 2.93. The number of nitrogens with zero attached hydrogens (tertiary/aromatic N) is 1. The van der Waals surface area contributed by atoms with Crippen LogP contribution in [0.2, 0.25) is 0 Å². The normalized spacial score (nSPS) is 10.2. The van der Waals surface area contributed by atoms with Crippen LogP contribution in [0, 0.1) is 0 Å². The lowest BCUT2D eigenvalue weighted by Gasteiger charge is -2.09. The van der Waals surface area contributed by atoms with Crippen molar-refractivity contribution >= 4 is 17.2 Å². The van der Waals surface area contributed by atoms with E-state index in [1.54, 1.807) is 12.6 Å². The van der Waals surface area contributed by atoms with E-state index in [9.17, 15) is 4.79 Å². The van der Waals surface area contributed by atoms with Gasteiger partial charge in [0.1, 0.15) is 10.6 Å². The number of carbonyl (C=O) groups is 1. The number of para-hydroxylation sites is 1. The topological polar surface area (TPSA) is 51.2 Å². The highest BCUT2D eigenvalue weighted by atomic mass is 32.1. The van der Waals surface area contributed by atoms with Gasteiger partial charge in [-0.25, -0.2) is 4.98 Å². The maximum Gasteiger partial charge on any atom is 0.263 e. The maximum absolute atomic E-state index is 12.1. The molecule has 4 nitrogen and oxygen atoms in total.